The zero-order valence-electron chi connectivity index (χ0n) is 13.1. The number of benzene rings is 1. The first-order valence-corrected chi connectivity index (χ1v) is 8.19. The molecule has 1 amide bonds. The van der Waals surface area contributed by atoms with Crippen LogP contribution in [0.3, 0.4) is 0 Å². The molecule has 0 spiro atoms. The summed E-state index contributed by atoms with van der Waals surface area (Å²) in [5.74, 6) is 0.0647. The quantitative estimate of drug-likeness (QED) is 0.845. The van der Waals surface area contributed by atoms with E-state index in [1.54, 1.807) is 6.20 Å². The van der Waals surface area contributed by atoms with Gasteiger partial charge in [0, 0.05) is 30.1 Å². The zero-order chi connectivity index (χ0) is 15.7. The van der Waals surface area contributed by atoms with E-state index in [0.29, 0.717) is 5.56 Å². The Bertz CT molecular complexity index is 686. The van der Waals surface area contributed by atoms with E-state index in [4.69, 9.17) is 0 Å². The second-order valence-electron chi connectivity index (χ2n) is 5.58. The summed E-state index contributed by atoms with van der Waals surface area (Å²) in [6, 6.07) is 8.10. The Kier molecular flexibility index (Phi) is 5.84. The molecule has 1 aromatic heterocycles. The van der Waals surface area contributed by atoms with Gasteiger partial charge in [-0.2, -0.15) is 5.10 Å². The van der Waals surface area contributed by atoms with Crippen LogP contribution < -0.4 is 5.32 Å². The number of halogens is 2. The molecule has 3 rings (SSSR count). The Morgan fingerprint density at radius 2 is 2.04 bits per heavy atom. The molecule has 1 fully saturated rings. The lowest BCUT2D eigenvalue weighted by Gasteiger charge is -2.33. The maximum Gasteiger partial charge on any atom is 0.257 e. The van der Waals surface area contributed by atoms with E-state index in [9.17, 15) is 4.79 Å². The maximum absolute atomic E-state index is 12.8. The molecule has 0 aliphatic carbocycles. The van der Waals surface area contributed by atoms with Gasteiger partial charge in [0.2, 0.25) is 0 Å². The van der Waals surface area contributed by atoms with Crippen molar-refractivity contribution in [1.29, 1.82) is 0 Å². The Labute approximate surface area is 150 Å². The van der Waals surface area contributed by atoms with Crippen LogP contribution in [-0.4, -0.2) is 46.3 Å². The topological polar surface area (TPSA) is 50.2 Å². The van der Waals surface area contributed by atoms with Crippen LogP contribution in [0.5, 0.6) is 0 Å². The number of carbonyl (C=O) groups is 1. The summed E-state index contributed by atoms with van der Waals surface area (Å²) in [6.07, 6.45) is 1.68. The number of hydrogen-bond donors (Lipinski definition) is 1. The molecule has 1 aromatic carbocycles. The first-order valence-electron chi connectivity index (χ1n) is 7.40. The highest BCUT2D eigenvalue weighted by Crippen LogP contribution is 2.19. The van der Waals surface area contributed by atoms with Gasteiger partial charge in [-0.25, -0.2) is 4.68 Å². The summed E-state index contributed by atoms with van der Waals surface area (Å²) in [4.78, 5) is 14.7. The largest absolute Gasteiger partial charge is 0.333 e. The fourth-order valence-corrected chi connectivity index (χ4v) is 3.02. The highest BCUT2D eigenvalue weighted by molar-refractivity contribution is 9.10. The zero-order valence-corrected chi connectivity index (χ0v) is 15.5. The van der Waals surface area contributed by atoms with Gasteiger partial charge in [0.15, 0.2) is 0 Å². The third-order valence-corrected chi connectivity index (χ3v) is 4.60. The molecule has 1 saturated heterocycles. The molecule has 124 valence electrons. The van der Waals surface area contributed by atoms with Crippen molar-refractivity contribution in [1.82, 2.24) is 20.0 Å². The van der Waals surface area contributed by atoms with Gasteiger partial charge < -0.3 is 10.2 Å². The number of rotatable bonds is 2. The third-order valence-electron chi connectivity index (χ3n) is 4.07. The summed E-state index contributed by atoms with van der Waals surface area (Å²) in [5.41, 5.74) is 2.50. The van der Waals surface area contributed by atoms with Gasteiger partial charge in [-0.3, -0.25) is 4.79 Å². The van der Waals surface area contributed by atoms with Gasteiger partial charge in [-0.15, -0.1) is 12.4 Å². The molecule has 2 aromatic rings. The SMILES string of the molecule is Cc1c(C(=O)N2CCNC[C@@H]2C)cnn1-c1ccc(Br)cc1.Cl. The van der Waals surface area contributed by atoms with Crippen molar-refractivity contribution in [3.63, 3.8) is 0 Å². The lowest BCUT2D eigenvalue weighted by atomic mass is 10.1. The number of carbonyl (C=O) groups excluding carboxylic acids is 1. The summed E-state index contributed by atoms with van der Waals surface area (Å²) in [5, 5.41) is 7.70. The molecule has 1 aliphatic rings. The molecule has 2 heterocycles. The molecule has 0 bridgehead atoms. The molecule has 5 nitrogen and oxygen atoms in total. The highest BCUT2D eigenvalue weighted by Gasteiger charge is 2.26. The van der Waals surface area contributed by atoms with Crippen molar-refractivity contribution in [2.45, 2.75) is 19.9 Å². The van der Waals surface area contributed by atoms with Gasteiger partial charge in [0.25, 0.3) is 5.91 Å². The Morgan fingerprint density at radius 3 is 2.70 bits per heavy atom. The third kappa shape index (κ3) is 3.59. The van der Waals surface area contributed by atoms with Crippen LogP contribution in [0.1, 0.15) is 23.0 Å². The van der Waals surface area contributed by atoms with E-state index in [2.05, 4.69) is 33.3 Å². The Morgan fingerprint density at radius 1 is 1.35 bits per heavy atom. The predicted octanol–water partition coefficient (Wildman–Crippen LogP) is 2.80. The Balaban J connectivity index is 0.00000192. The maximum atomic E-state index is 12.8. The van der Waals surface area contributed by atoms with Crippen molar-refractivity contribution in [3.05, 3.63) is 46.2 Å². The molecule has 7 heteroatoms. The van der Waals surface area contributed by atoms with Crippen molar-refractivity contribution in [2.24, 2.45) is 0 Å². The fraction of sp³-hybridized carbons (Fsp3) is 0.375. The fourth-order valence-electron chi connectivity index (χ4n) is 2.76. The molecular weight excluding hydrogens is 380 g/mol. The average molecular weight is 400 g/mol. The second kappa shape index (κ2) is 7.47. The van der Waals surface area contributed by atoms with Gasteiger partial charge in [-0.1, -0.05) is 15.9 Å². The van der Waals surface area contributed by atoms with Crippen LogP contribution >= 0.6 is 28.3 Å². The molecule has 1 N–H and O–H groups in total. The van der Waals surface area contributed by atoms with Crippen LogP contribution in [0.25, 0.3) is 5.69 Å². The molecular formula is C16H20BrClN4O. The van der Waals surface area contributed by atoms with E-state index in [1.165, 1.54) is 0 Å². The van der Waals surface area contributed by atoms with Gasteiger partial charge >= 0.3 is 0 Å². The van der Waals surface area contributed by atoms with Crippen molar-refractivity contribution < 1.29 is 4.79 Å². The summed E-state index contributed by atoms with van der Waals surface area (Å²) < 4.78 is 2.83. The minimum Gasteiger partial charge on any atom is -0.333 e. The first-order chi connectivity index (χ1) is 10.6. The highest BCUT2D eigenvalue weighted by atomic mass is 79.9. The van der Waals surface area contributed by atoms with Crippen molar-refractivity contribution in [2.75, 3.05) is 19.6 Å². The Hall–Kier alpha value is -1.37. The van der Waals surface area contributed by atoms with E-state index < -0.39 is 0 Å². The molecule has 0 saturated carbocycles. The molecule has 0 radical (unpaired) electrons. The van der Waals surface area contributed by atoms with Crippen molar-refractivity contribution >= 4 is 34.2 Å². The predicted molar refractivity (Wildman–Crippen MR) is 96.6 cm³/mol. The summed E-state index contributed by atoms with van der Waals surface area (Å²) in [6.45, 7) is 6.43. The number of hydrogen-bond acceptors (Lipinski definition) is 3. The monoisotopic (exact) mass is 398 g/mol. The van der Waals surface area contributed by atoms with E-state index in [-0.39, 0.29) is 24.4 Å². The lowest BCUT2D eigenvalue weighted by Crippen LogP contribution is -2.52. The summed E-state index contributed by atoms with van der Waals surface area (Å²) in [7, 11) is 0. The van der Waals surface area contributed by atoms with Crippen molar-refractivity contribution in [3.8, 4) is 5.69 Å². The van der Waals surface area contributed by atoms with Crippen LogP contribution in [0.15, 0.2) is 34.9 Å². The molecule has 0 unspecified atom stereocenters. The van der Waals surface area contributed by atoms with Crippen LogP contribution in [0.2, 0.25) is 0 Å². The lowest BCUT2D eigenvalue weighted by molar-refractivity contribution is 0.0655. The molecule has 1 atom stereocenters. The van der Waals surface area contributed by atoms with Gasteiger partial charge in [-0.05, 0) is 38.1 Å². The summed E-state index contributed by atoms with van der Waals surface area (Å²) >= 11 is 3.43. The smallest absolute Gasteiger partial charge is 0.257 e. The number of piperazine rings is 1. The molecule has 1 aliphatic heterocycles. The minimum atomic E-state index is 0. The number of nitrogens with one attached hydrogen (secondary N) is 1. The minimum absolute atomic E-state index is 0. The average Bonchev–Trinajstić information content (AvgIpc) is 2.90. The number of nitrogens with zero attached hydrogens (tertiary/aromatic N) is 3. The van der Waals surface area contributed by atoms with E-state index >= 15 is 0 Å². The number of amides is 1. The van der Waals surface area contributed by atoms with Gasteiger partial charge in [0.1, 0.15) is 0 Å². The normalized spacial score (nSPS) is 17.7. The standard InChI is InChI=1S/C16H19BrN4O.ClH/c1-11-9-18-7-8-20(11)16(22)15-10-19-21(12(15)2)14-5-3-13(17)4-6-14;/h3-6,10-11,18H,7-9H2,1-2H3;1H/t11-;/m0./s1. The number of aromatic nitrogens is 2. The van der Waals surface area contributed by atoms with E-state index in [1.807, 2.05) is 40.8 Å². The second-order valence-corrected chi connectivity index (χ2v) is 6.50. The van der Waals surface area contributed by atoms with Crippen LogP contribution in [0, 0.1) is 6.92 Å². The van der Waals surface area contributed by atoms with Crippen LogP contribution in [-0.2, 0) is 0 Å². The van der Waals surface area contributed by atoms with Gasteiger partial charge in [0.05, 0.1) is 23.1 Å². The van der Waals surface area contributed by atoms with E-state index in [0.717, 1.165) is 35.5 Å². The van der Waals surface area contributed by atoms with Crippen LogP contribution in [0.4, 0.5) is 0 Å². The molecule has 23 heavy (non-hydrogen) atoms. The first kappa shape index (κ1) is 18.0.